The zero-order chi connectivity index (χ0) is 18.7. The number of nitrogens with zero attached hydrogens (tertiary/aromatic N) is 1. The molecule has 2 N–H and O–H groups in total. The summed E-state index contributed by atoms with van der Waals surface area (Å²) in [5.74, 6) is -4.03. The van der Waals surface area contributed by atoms with E-state index in [1.165, 1.54) is 31.6 Å². The fraction of sp³-hybridized carbons (Fsp3) is 0.111. The van der Waals surface area contributed by atoms with Crippen molar-refractivity contribution in [2.45, 2.75) is 6.23 Å². The van der Waals surface area contributed by atoms with Gasteiger partial charge >= 0.3 is 0 Å². The number of benzene rings is 2. The maximum Gasteiger partial charge on any atom is 0.253 e. The van der Waals surface area contributed by atoms with Gasteiger partial charge in [-0.2, -0.15) is 5.10 Å². The van der Waals surface area contributed by atoms with Crippen LogP contribution in [0.1, 0.15) is 22.1 Å². The molecule has 8 heteroatoms. The molecule has 1 atom stereocenters. The van der Waals surface area contributed by atoms with E-state index in [2.05, 4.69) is 15.5 Å². The fourth-order valence-electron chi connectivity index (χ4n) is 2.54. The monoisotopic (exact) mass is 361 g/mol. The zero-order valence-corrected chi connectivity index (χ0v) is 13.6. The normalized spacial score (nSPS) is 12.0. The average Bonchev–Trinajstić information content (AvgIpc) is 3.15. The molecular weight excluding hydrogens is 347 g/mol. The minimum atomic E-state index is -1.45. The standard InChI is InChI=1S/C18H14F3N3O2/c1-26-18(24-17(25)10-5-3-2-4-6-10)15-13(20)7-12(19)14(16(15)21)11-8-22-23-9-11/h2-9,18H,1H3,(H,22,23)(H,24,25). The molecule has 0 radical (unpaired) electrons. The van der Waals surface area contributed by atoms with Crippen molar-refractivity contribution in [1.29, 1.82) is 0 Å². The molecule has 0 saturated carbocycles. The fourth-order valence-corrected chi connectivity index (χ4v) is 2.54. The largest absolute Gasteiger partial charge is 0.357 e. The first kappa shape index (κ1) is 17.7. The van der Waals surface area contributed by atoms with Gasteiger partial charge in [0.1, 0.15) is 17.5 Å². The Morgan fingerprint density at radius 3 is 2.54 bits per heavy atom. The molecule has 0 fully saturated rings. The van der Waals surface area contributed by atoms with E-state index in [1.54, 1.807) is 18.2 Å². The summed E-state index contributed by atoms with van der Waals surface area (Å²) in [6.07, 6.45) is 1.02. The Morgan fingerprint density at radius 1 is 1.19 bits per heavy atom. The topological polar surface area (TPSA) is 67.0 Å². The molecule has 0 spiro atoms. The smallest absolute Gasteiger partial charge is 0.253 e. The molecule has 1 unspecified atom stereocenters. The predicted octanol–water partition coefficient (Wildman–Crippen LogP) is 3.57. The lowest BCUT2D eigenvalue weighted by atomic mass is 10.0. The molecular formula is C18H14F3N3O2. The number of methoxy groups -OCH3 is 1. The molecule has 1 heterocycles. The highest BCUT2D eigenvalue weighted by Crippen LogP contribution is 2.32. The van der Waals surface area contributed by atoms with Crippen LogP contribution in [0.2, 0.25) is 0 Å². The number of nitrogens with one attached hydrogen (secondary N) is 2. The number of rotatable bonds is 5. The molecule has 0 aliphatic rings. The molecule has 1 amide bonds. The van der Waals surface area contributed by atoms with Crippen LogP contribution in [-0.2, 0) is 4.74 Å². The molecule has 0 saturated heterocycles. The second-order valence-electron chi connectivity index (χ2n) is 5.39. The number of halogens is 3. The number of hydrogen-bond donors (Lipinski definition) is 2. The number of H-pyrrole nitrogens is 1. The molecule has 134 valence electrons. The van der Waals surface area contributed by atoms with Crippen LogP contribution in [0.4, 0.5) is 13.2 Å². The Balaban J connectivity index is 2.01. The van der Waals surface area contributed by atoms with Crippen molar-refractivity contribution < 1.29 is 22.7 Å². The number of ether oxygens (including phenoxy) is 1. The summed E-state index contributed by atoms with van der Waals surface area (Å²) in [6.45, 7) is 0. The van der Waals surface area contributed by atoms with Gasteiger partial charge in [-0.1, -0.05) is 18.2 Å². The van der Waals surface area contributed by atoms with E-state index >= 15 is 0 Å². The first-order valence-corrected chi connectivity index (χ1v) is 7.58. The molecule has 3 aromatic rings. The predicted molar refractivity (Wildman–Crippen MR) is 87.6 cm³/mol. The highest BCUT2D eigenvalue weighted by Gasteiger charge is 2.28. The van der Waals surface area contributed by atoms with Crippen LogP contribution in [0.25, 0.3) is 11.1 Å². The van der Waals surface area contributed by atoms with Crippen LogP contribution in [0.15, 0.2) is 48.8 Å². The van der Waals surface area contributed by atoms with E-state index in [1.807, 2.05) is 0 Å². The van der Waals surface area contributed by atoms with Crippen molar-refractivity contribution in [3.05, 3.63) is 77.4 Å². The molecule has 0 bridgehead atoms. The van der Waals surface area contributed by atoms with E-state index in [4.69, 9.17) is 4.74 Å². The summed E-state index contributed by atoms with van der Waals surface area (Å²) in [6, 6.07) is 8.63. The highest BCUT2D eigenvalue weighted by molar-refractivity contribution is 5.94. The molecule has 0 aliphatic heterocycles. The lowest BCUT2D eigenvalue weighted by molar-refractivity contribution is 0.0541. The van der Waals surface area contributed by atoms with Crippen LogP contribution in [-0.4, -0.2) is 23.2 Å². The summed E-state index contributed by atoms with van der Waals surface area (Å²) in [5, 5.41) is 8.45. The van der Waals surface area contributed by atoms with Gasteiger partial charge < -0.3 is 10.1 Å². The van der Waals surface area contributed by atoms with Crippen molar-refractivity contribution in [3.63, 3.8) is 0 Å². The Labute approximate surface area is 146 Å². The molecule has 3 rings (SSSR count). The van der Waals surface area contributed by atoms with Gasteiger partial charge in [0.25, 0.3) is 5.91 Å². The number of aromatic amines is 1. The number of carbonyl (C=O) groups is 1. The second-order valence-corrected chi connectivity index (χ2v) is 5.39. The summed E-state index contributed by atoms with van der Waals surface area (Å²) < 4.78 is 48.3. The average molecular weight is 361 g/mol. The van der Waals surface area contributed by atoms with Gasteiger partial charge in [-0.15, -0.1) is 0 Å². The summed E-state index contributed by atoms with van der Waals surface area (Å²) >= 11 is 0. The highest BCUT2D eigenvalue weighted by atomic mass is 19.1. The number of carbonyl (C=O) groups excluding carboxylic acids is 1. The van der Waals surface area contributed by atoms with Crippen LogP contribution in [0.5, 0.6) is 0 Å². The van der Waals surface area contributed by atoms with Crippen molar-refractivity contribution in [1.82, 2.24) is 15.5 Å². The van der Waals surface area contributed by atoms with Crippen LogP contribution in [0, 0.1) is 17.5 Å². The maximum atomic E-state index is 14.9. The van der Waals surface area contributed by atoms with E-state index in [0.29, 0.717) is 6.07 Å². The Morgan fingerprint density at radius 2 is 1.92 bits per heavy atom. The van der Waals surface area contributed by atoms with Gasteiger partial charge in [-0.05, 0) is 12.1 Å². The first-order chi connectivity index (χ1) is 12.5. The minimum absolute atomic E-state index is 0.102. The van der Waals surface area contributed by atoms with Crippen molar-refractivity contribution in [2.75, 3.05) is 7.11 Å². The van der Waals surface area contributed by atoms with Gasteiger partial charge in [0.15, 0.2) is 6.23 Å². The van der Waals surface area contributed by atoms with Gasteiger partial charge in [0.2, 0.25) is 0 Å². The second kappa shape index (κ2) is 7.40. The lowest BCUT2D eigenvalue weighted by Gasteiger charge is -2.20. The number of hydrogen-bond acceptors (Lipinski definition) is 3. The molecule has 1 aromatic heterocycles. The molecule has 26 heavy (non-hydrogen) atoms. The summed E-state index contributed by atoms with van der Waals surface area (Å²) in [7, 11) is 1.18. The minimum Gasteiger partial charge on any atom is -0.357 e. The maximum absolute atomic E-state index is 14.9. The third-order valence-electron chi connectivity index (χ3n) is 3.79. The number of amides is 1. The van der Waals surface area contributed by atoms with E-state index in [0.717, 1.165) is 0 Å². The van der Waals surface area contributed by atoms with Gasteiger partial charge in [0.05, 0.1) is 17.3 Å². The summed E-state index contributed by atoms with van der Waals surface area (Å²) in [4.78, 5) is 12.3. The quantitative estimate of drug-likeness (QED) is 0.683. The van der Waals surface area contributed by atoms with Crippen molar-refractivity contribution in [2.24, 2.45) is 0 Å². The van der Waals surface area contributed by atoms with Gasteiger partial charge in [-0.25, -0.2) is 13.2 Å². The third kappa shape index (κ3) is 3.31. The summed E-state index contributed by atoms with van der Waals surface area (Å²) in [5.41, 5.74) is -0.682. The SMILES string of the molecule is COC(NC(=O)c1ccccc1)c1c(F)cc(F)c(-c2cn[nH]c2)c1F. The van der Waals surface area contributed by atoms with Crippen molar-refractivity contribution in [3.8, 4) is 11.1 Å². The Bertz CT molecular complexity index is 915. The zero-order valence-electron chi connectivity index (χ0n) is 13.6. The molecule has 5 nitrogen and oxygen atoms in total. The first-order valence-electron chi connectivity index (χ1n) is 7.58. The van der Waals surface area contributed by atoms with E-state index < -0.39 is 40.7 Å². The van der Waals surface area contributed by atoms with Crippen molar-refractivity contribution >= 4 is 5.91 Å². The van der Waals surface area contributed by atoms with Crippen LogP contribution < -0.4 is 5.32 Å². The molecule has 0 aliphatic carbocycles. The van der Waals surface area contributed by atoms with Crippen LogP contribution in [0.3, 0.4) is 0 Å². The number of aromatic nitrogens is 2. The Hall–Kier alpha value is -3.13. The van der Waals surface area contributed by atoms with Gasteiger partial charge in [-0.3, -0.25) is 9.89 Å². The van der Waals surface area contributed by atoms with E-state index in [-0.39, 0.29) is 11.1 Å². The Kier molecular flexibility index (Phi) is 5.04. The molecule has 2 aromatic carbocycles. The van der Waals surface area contributed by atoms with E-state index in [9.17, 15) is 18.0 Å². The van der Waals surface area contributed by atoms with Crippen LogP contribution >= 0.6 is 0 Å². The lowest BCUT2D eigenvalue weighted by Crippen LogP contribution is -2.31. The third-order valence-corrected chi connectivity index (χ3v) is 3.79. The van der Waals surface area contributed by atoms with Gasteiger partial charge in [0, 0.05) is 30.5 Å².